The molecular weight excluding hydrogens is 390 g/mol. The number of aromatic nitrogens is 1. The predicted molar refractivity (Wildman–Crippen MR) is 109 cm³/mol. The SMILES string of the molecule is C[C@@H](O)[C@H]1C(=O)N2C(C(=O)O)=C(SC3CNC(Cc4cc[n+](C)cc4)C3)[C@H](C)[C@H]12. The molecule has 4 rings (SSSR count). The van der Waals surface area contributed by atoms with E-state index < -0.39 is 18.0 Å². The molecule has 0 radical (unpaired) electrons. The summed E-state index contributed by atoms with van der Waals surface area (Å²) in [6.45, 7) is 4.40. The maximum atomic E-state index is 12.5. The molecule has 3 aliphatic rings. The van der Waals surface area contributed by atoms with Gasteiger partial charge in [0.25, 0.3) is 0 Å². The molecule has 0 aliphatic carbocycles. The van der Waals surface area contributed by atoms with E-state index in [0.29, 0.717) is 6.04 Å². The molecule has 7 nitrogen and oxygen atoms in total. The van der Waals surface area contributed by atoms with Crippen LogP contribution in [0.15, 0.2) is 35.1 Å². The number of carbonyl (C=O) groups excluding carboxylic acids is 1. The van der Waals surface area contributed by atoms with Crippen molar-refractivity contribution in [2.45, 2.75) is 50.1 Å². The minimum Gasteiger partial charge on any atom is -0.477 e. The number of aliphatic carboxylic acids is 1. The smallest absolute Gasteiger partial charge is 0.353 e. The molecule has 0 spiro atoms. The summed E-state index contributed by atoms with van der Waals surface area (Å²) in [5, 5.41) is 23.6. The molecule has 1 amide bonds. The summed E-state index contributed by atoms with van der Waals surface area (Å²) in [5.74, 6) is -1.91. The second-order valence-electron chi connectivity index (χ2n) is 8.43. The van der Waals surface area contributed by atoms with Crippen molar-refractivity contribution >= 4 is 23.6 Å². The van der Waals surface area contributed by atoms with E-state index >= 15 is 0 Å². The van der Waals surface area contributed by atoms with Gasteiger partial charge in [0.2, 0.25) is 5.91 Å². The van der Waals surface area contributed by atoms with Crippen LogP contribution in [-0.2, 0) is 23.1 Å². The molecule has 3 aliphatic heterocycles. The summed E-state index contributed by atoms with van der Waals surface area (Å²) < 4.78 is 2.01. The Morgan fingerprint density at radius 3 is 2.72 bits per heavy atom. The number of rotatable bonds is 6. The minimum absolute atomic E-state index is 0.0726. The monoisotopic (exact) mass is 418 g/mol. The number of hydrogen-bond donors (Lipinski definition) is 3. The highest BCUT2D eigenvalue weighted by Crippen LogP contribution is 2.51. The standard InChI is InChI=1S/C21H27N3O4S/c1-11-17-16(12(2)25)20(26)24(17)18(21(27)28)19(11)29-15-9-14(22-10-15)8-13-4-6-23(3)7-5-13/h4-7,11-12,14-17,22,25H,8-10H2,1-3H3/p+1/t11-,12-,14?,15?,16-,17-/m1/s1. The van der Waals surface area contributed by atoms with Gasteiger partial charge in [-0.15, -0.1) is 11.8 Å². The third-order valence-electron chi connectivity index (χ3n) is 6.32. The number of aliphatic hydroxyl groups is 1. The number of thioether (sulfide) groups is 1. The van der Waals surface area contributed by atoms with Crippen LogP contribution in [0.3, 0.4) is 0 Å². The molecule has 2 saturated heterocycles. The zero-order chi connectivity index (χ0) is 20.9. The van der Waals surface area contributed by atoms with E-state index in [-0.39, 0.29) is 28.8 Å². The minimum atomic E-state index is -1.06. The lowest BCUT2D eigenvalue weighted by Crippen LogP contribution is -2.63. The van der Waals surface area contributed by atoms with Gasteiger partial charge in [0.1, 0.15) is 12.7 Å². The molecule has 4 heterocycles. The molecule has 0 saturated carbocycles. The molecule has 0 aromatic carbocycles. The lowest BCUT2D eigenvalue weighted by Gasteiger charge is -2.46. The zero-order valence-corrected chi connectivity index (χ0v) is 17.7. The van der Waals surface area contributed by atoms with Crippen molar-refractivity contribution in [2.24, 2.45) is 18.9 Å². The van der Waals surface area contributed by atoms with Crippen molar-refractivity contribution in [3.05, 3.63) is 40.7 Å². The van der Waals surface area contributed by atoms with Gasteiger partial charge in [-0.3, -0.25) is 4.79 Å². The molecule has 8 heteroatoms. The second-order valence-corrected chi connectivity index (χ2v) is 9.77. The van der Waals surface area contributed by atoms with Crippen LogP contribution in [0, 0.1) is 11.8 Å². The molecular formula is C21H28N3O4S+. The van der Waals surface area contributed by atoms with Crippen LogP contribution in [-0.4, -0.2) is 57.0 Å². The normalized spacial score (nSPS) is 32.3. The Bertz CT molecular complexity index is 854. The first-order valence-electron chi connectivity index (χ1n) is 10.1. The van der Waals surface area contributed by atoms with Gasteiger partial charge in [-0.2, -0.15) is 0 Å². The van der Waals surface area contributed by atoms with Crippen molar-refractivity contribution in [3.8, 4) is 0 Å². The molecule has 3 N–H and O–H groups in total. The first-order valence-corrected chi connectivity index (χ1v) is 11.0. The number of β-lactam (4-membered cyclic amide) rings is 1. The van der Waals surface area contributed by atoms with Gasteiger partial charge < -0.3 is 20.4 Å². The van der Waals surface area contributed by atoms with Crippen molar-refractivity contribution in [2.75, 3.05) is 6.54 Å². The van der Waals surface area contributed by atoms with E-state index in [4.69, 9.17) is 0 Å². The predicted octanol–water partition coefficient (Wildman–Crippen LogP) is 0.671. The number of hydrogen-bond acceptors (Lipinski definition) is 5. The van der Waals surface area contributed by atoms with Crippen molar-refractivity contribution in [1.29, 1.82) is 0 Å². The van der Waals surface area contributed by atoms with E-state index in [1.54, 1.807) is 18.7 Å². The van der Waals surface area contributed by atoms with Gasteiger partial charge in [0.15, 0.2) is 12.4 Å². The molecule has 156 valence electrons. The molecule has 2 fully saturated rings. The molecule has 29 heavy (non-hydrogen) atoms. The van der Waals surface area contributed by atoms with Crippen LogP contribution in [0.5, 0.6) is 0 Å². The fourth-order valence-electron chi connectivity index (χ4n) is 4.84. The fourth-order valence-corrected chi connectivity index (χ4v) is 6.36. The maximum Gasteiger partial charge on any atom is 0.353 e. The first kappa shape index (κ1) is 20.4. The van der Waals surface area contributed by atoms with Gasteiger partial charge in [-0.25, -0.2) is 9.36 Å². The molecule has 6 atom stereocenters. The van der Waals surface area contributed by atoms with Crippen molar-refractivity contribution < 1.29 is 24.4 Å². The van der Waals surface area contributed by atoms with Gasteiger partial charge in [-0.1, -0.05) is 6.92 Å². The number of nitrogens with zero attached hydrogens (tertiary/aromatic N) is 2. The first-order chi connectivity index (χ1) is 13.8. The number of pyridine rings is 1. The molecule has 0 bridgehead atoms. The van der Waals surface area contributed by atoms with E-state index in [1.165, 1.54) is 10.5 Å². The third kappa shape index (κ3) is 3.58. The number of fused-ring (bicyclic) bond motifs is 1. The van der Waals surface area contributed by atoms with Crippen LogP contribution in [0.1, 0.15) is 25.8 Å². The summed E-state index contributed by atoms with van der Waals surface area (Å²) in [4.78, 5) is 26.6. The van der Waals surface area contributed by atoms with Crippen LogP contribution in [0.4, 0.5) is 0 Å². The van der Waals surface area contributed by atoms with Gasteiger partial charge in [0.05, 0.1) is 18.1 Å². The number of carboxylic acids is 1. The molecule has 1 aromatic rings. The Morgan fingerprint density at radius 1 is 1.41 bits per heavy atom. The Balaban J connectivity index is 1.45. The lowest BCUT2D eigenvalue weighted by molar-refractivity contribution is -0.671. The van der Waals surface area contributed by atoms with Crippen LogP contribution >= 0.6 is 11.8 Å². The molecule has 1 aromatic heterocycles. The highest BCUT2D eigenvalue weighted by atomic mass is 32.2. The summed E-state index contributed by atoms with van der Waals surface area (Å²) in [7, 11) is 2.00. The Morgan fingerprint density at radius 2 is 2.10 bits per heavy atom. The maximum absolute atomic E-state index is 12.5. The summed E-state index contributed by atoms with van der Waals surface area (Å²) in [6.07, 6.45) is 5.21. The average Bonchev–Trinajstić information content (AvgIpc) is 3.18. The van der Waals surface area contributed by atoms with Gasteiger partial charge in [0, 0.05) is 40.8 Å². The van der Waals surface area contributed by atoms with E-state index in [0.717, 1.165) is 24.3 Å². The number of amides is 1. The summed E-state index contributed by atoms with van der Waals surface area (Å²) in [6, 6.07) is 4.36. The zero-order valence-electron chi connectivity index (χ0n) is 16.9. The molecule has 2 unspecified atom stereocenters. The highest BCUT2D eigenvalue weighted by molar-refractivity contribution is 8.03. The fraction of sp³-hybridized carbons (Fsp3) is 0.571. The highest BCUT2D eigenvalue weighted by Gasteiger charge is 2.60. The van der Waals surface area contributed by atoms with E-state index in [2.05, 4.69) is 17.4 Å². The summed E-state index contributed by atoms with van der Waals surface area (Å²) in [5.41, 5.74) is 1.40. The average molecular weight is 419 g/mol. The Kier molecular flexibility index (Phi) is 5.44. The second kappa shape index (κ2) is 7.74. The van der Waals surface area contributed by atoms with Crippen molar-refractivity contribution in [1.82, 2.24) is 10.2 Å². The van der Waals surface area contributed by atoms with Crippen LogP contribution in [0.25, 0.3) is 0 Å². The van der Waals surface area contributed by atoms with Crippen LogP contribution in [0.2, 0.25) is 0 Å². The van der Waals surface area contributed by atoms with Crippen molar-refractivity contribution in [3.63, 3.8) is 0 Å². The summed E-state index contributed by atoms with van der Waals surface area (Å²) >= 11 is 1.60. The number of aryl methyl sites for hydroxylation is 1. The number of carbonyl (C=O) groups is 2. The largest absolute Gasteiger partial charge is 0.477 e. The van der Waals surface area contributed by atoms with Gasteiger partial charge >= 0.3 is 5.97 Å². The van der Waals surface area contributed by atoms with E-state index in [1.807, 2.05) is 30.9 Å². The van der Waals surface area contributed by atoms with E-state index in [9.17, 15) is 19.8 Å². The quantitative estimate of drug-likeness (QED) is 0.465. The van der Waals surface area contributed by atoms with Crippen LogP contribution < -0.4 is 9.88 Å². The number of carboxylic acid groups (broad SMARTS) is 1. The Hall–Kier alpha value is -1.90. The number of nitrogens with one attached hydrogen (secondary N) is 1. The Labute approximate surface area is 174 Å². The third-order valence-corrected chi connectivity index (χ3v) is 7.83. The topological polar surface area (TPSA) is 93.8 Å². The number of aliphatic hydroxyl groups excluding tert-OH is 1. The van der Waals surface area contributed by atoms with Gasteiger partial charge in [-0.05, 0) is 25.3 Å². The lowest BCUT2D eigenvalue weighted by atomic mass is 9.79.